The highest BCUT2D eigenvalue weighted by atomic mass is 16.5. The van der Waals surface area contributed by atoms with Crippen LogP contribution in [0.25, 0.3) is 0 Å². The highest BCUT2D eigenvalue weighted by Gasteiger charge is 2.29. The summed E-state index contributed by atoms with van der Waals surface area (Å²) in [6, 6.07) is 4.08. The highest BCUT2D eigenvalue weighted by Crippen LogP contribution is 2.33. The Bertz CT molecular complexity index is 561. The highest BCUT2D eigenvalue weighted by molar-refractivity contribution is 5.77. The molecular weight excluding hydrogens is 306 g/mol. The van der Waals surface area contributed by atoms with E-state index in [1.54, 1.807) is 0 Å². The smallest absolute Gasteiger partial charge is 0.222 e. The van der Waals surface area contributed by atoms with Gasteiger partial charge in [0, 0.05) is 45.7 Å². The molecule has 3 aliphatic rings. The van der Waals surface area contributed by atoms with Gasteiger partial charge in [0.05, 0.1) is 13.2 Å². The number of hydrogen-bond acceptors (Lipinski definition) is 6. The van der Waals surface area contributed by atoms with Crippen LogP contribution in [0.1, 0.15) is 19.3 Å². The van der Waals surface area contributed by atoms with Gasteiger partial charge in [-0.05, 0) is 30.9 Å². The molecule has 0 aromatic carbocycles. The number of aromatic nitrogens is 2. The maximum Gasteiger partial charge on any atom is 0.222 e. The van der Waals surface area contributed by atoms with Crippen LogP contribution >= 0.6 is 0 Å². The minimum atomic E-state index is 0.325. The first-order valence-corrected chi connectivity index (χ1v) is 8.99. The van der Waals surface area contributed by atoms with E-state index in [9.17, 15) is 4.79 Å². The Morgan fingerprint density at radius 2 is 1.54 bits per heavy atom. The number of piperazine rings is 1. The summed E-state index contributed by atoms with van der Waals surface area (Å²) in [5, 5.41) is 8.77. The van der Waals surface area contributed by atoms with Gasteiger partial charge >= 0.3 is 0 Å². The summed E-state index contributed by atoms with van der Waals surface area (Å²) >= 11 is 0. The summed E-state index contributed by atoms with van der Waals surface area (Å²) in [4.78, 5) is 18.6. The number of ether oxygens (including phenoxy) is 1. The van der Waals surface area contributed by atoms with Crippen LogP contribution < -0.4 is 9.80 Å². The molecule has 2 aliphatic heterocycles. The summed E-state index contributed by atoms with van der Waals surface area (Å²) < 4.78 is 5.37. The molecule has 0 bridgehead atoms. The molecule has 24 heavy (non-hydrogen) atoms. The zero-order chi connectivity index (χ0) is 16.4. The minimum absolute atomic E-state index is 0.325. The lowest BCUT2D eigenvalue weighted by Gasteiger charge is -2.35. The maximum absolute atomic E-state index is 12.2. The van der Waals surface area contributed by atoms with E-state index in [-0.39, 0.29) is 0 Å². The van der Waals surface area contributed by atoms with E-state index in [2.05, 4.69) is 20.0 Å². The first-order valence-electron chi connectivity index (χ1n) is 8.99. The molecule has 0 N–H and O–H groups in total. The standard InChI is InChI=1S/C17H25N5O2/c23-17(13-14-1-2-14)22-7-5-20(6-8-22)15-3-4-16(19-18-15)21-9-11-24-12-10-21/h3-4,14H,1-2,5-13H2. The van der Waals surface area contributed by atoms with Gasteiger partial charge in [0.1, 0.15) is 0 Å². The fourth-order valence-electron chi connectivity index (χ4n) is 3.33. The molecule has 2 saturated heterocycles. The molecule has 3 heterocycles. The molecule has 4 rings (SSSR count). The van der Waals surface area contributed by atoms with Gasteiger partial charge in [-0.2, -0.15) is 0 Å². The average molecular weight is 331 g/mol. The third-order valence-corrected chi connectivity index (χ3v) is 5.09. The largest absolute Gasteiger partial charge is 0.378 e. The van der Waals surface area contributed by atoms with Crippen LogP contribution in [0, 0.1) is 5.92 Å². The number of rotatable bonds is 4. The third-order valence-electron chi connectivity index (χ3n) is 5.09. The van der Waals surface area contributed by atoms with Crippen molar-refractivity contribution in [1.82, 2.24) is 15.1 Å². The van der Waals surface area contributed by atoms with Crippen LogP contribution in [0.5, 0.6) is 0 Å². The van der Waals surface area contributed by atoms with Gasteiger partial charge in [0.2, 0.25) is 5.91 Å². The average Bonchev–Trinajstić information content (AvgIpc) is 3.47. The SMILES string of the molecule is O=C(CC1CC1)N1CCN(c2ccc(N3CCOCC3)nn2)CC1. The lowest BCUT2D eigenvalue weighted by molar-refractivity contribution is -0.131. The van der Waals surface area contributed by atoms with Crippen LogP contribution in [0.15, 0.2) is 12.1 Å². The molecule has 1 saturated carbocycles. The fourth-order valence-corrected chi connectivity index (χ4v) is 3.33. The molecule has 0 spiro atoms. The lowest BCUT2D eigenvalue weighted by atomic mass is 10.2. The van der Waals surface area contributed by atoms with E-state index in [0.29, 0.717) is 11.8 Å². The van der Waals surface area contributed by atoms with Crippen molar-refractivity contribution >= 4 is 17.5 Å². The topological polar surface area (TPSA) is 61.8 Å². The summed E-state index contributed by atoms with van der Waals surface area (Å²) in [6.45, 7) is 6.49. The molecule has 1 amide bonds. The van der Waals surface area contributed by atoms with Gasteiger partial charge in [0.25, 0.3) is 0 Å². The summed E-state index contributed by atoms with van der Waals surface area (Å²) in [7, 11) is 0. The van der Waals surface area contributed by atoms with Crippen LogP contribution in [0.3, 0.4) is 0 Å². The van der Waals surface area contributed by atoms with Gasteiger partial charge in [-0.25, -0.2) is 0 Å². The third kappa shape index (κ3) is 3.61. The van der Waals surface area contributed by atoms with Crippen LogP contribution in [0.2, 0.25) is 0 Å². The first-order chi connectivity index (χ1) is 11.8. The molecule has 0 radical (unpaired) electrons. The van der Waals surface area contributed by atoms with E-state index >= 15 is 0 Å². The number of carbonyl (C=O) groups excluding carboxylic acids is 1. The Labute approximate surface area is 142 Å². The quantitative estimate of drug-likeness (QED) is 0.812. The zero-order valence-electron chi connectivity index (χ0n) is 14.1. The van der Waals surface area contributed by atoms with E-state index < -0.39 is 0 Å². The Balaban J connectivity index is 1.31. The Morgan fingerprint density at radius 1 is 0.958 bits per heavy atom. The number of hydrogen-bond donors (Lipinski definition) is 0. The first kappa shape index (κ1) is 15.6. The summed E-state index contributed by atoms with van der Waals surface area (Å²) in [6.07, 6.45) is 3.21. The molecule has 130 valence electrons. The van der Waals surface area contributed by atoms with Gasteiger partial charge in [-0.15, -0.1) is 10.2 Å². The zero-order valence-corrected chi connectivity index (χ0v) is 14.1. The fraction of sp³-hybridized carbons (Fsp3) is 0.706. The predicted octanol–water partition coefficient (Wildman–Crippen LogP) is 0.762. The number of amides is 1. The number of carbonyl (C=O) groups is 1. The molecule has 1 aliphatic carbocycles. The molecule has 3 fully saturated rings. The minimum Gasteiger partial charge on any atom is -0.378 e. The van der Waals surface area contributed by atoms with E-state index in [1.165, 1.54) is 12.8 Å². The van der Waals surface area contributed by atoms with Gasteiger partial charge in [-0.3, -0.25) is 4.79 Å². The van der Waals surface area contributed by atoms with Gasteiger partial charge in [-0.1, -0.05) is 0 Å². The monoisotopic (exact) mass is 331 g/mol. The number of anilines is 2. The summed E-state index contributed by atoms with van der Waals surface area (Å²) in [5.74, 6) is 2.81. The van der Waals surface area contributed by atoms with Crippen molar-refractivity contribution in [2.24, 2.45) is 5.92 Å². The molecule has 1 aromatic rings. The van der Waals surface area contributed by atoms with Crippen molar-refractivity contribution in [3.8, 4) is 0 Å². The Kier molecular flexibility index (Phi) is 4.51. The Hall–Kier alpha value is -1.89. The second-order valence-electron chi connectivity index (χ2n) is 6.86. The second kappa shape index (κ2) is 6.93. The van der Waals surface area contributed by atoms with E-state index in [4.69, 9.17) is 4.74 Å². The van der Waals surface area contributed by atoms with Crippen LogP contribution in [-0.2, 0) is 9.53 Å². The molecule has 0 atom stereocenters. The van der Waals surface area contributed by atoms with Gasteiger partial charge < -0.3 is 19.4 Å². The van der Waals surface area contributed by atoms with E-state index in [1.807, 2.05) is 17.0 Å². The maximum atomic E-state index is 12.2. The molecule has 7 nitrogen and oxygen atoms in total. The molecule has 1 aromatic heterocycles. The lowest BCUT2D eigenvalue weighted by Crippen LogP contribution is -2.49. The van der Waals surface area contributed by atoms with Crippen molar-refractivity contribution in [3.05, 3.63) is 12.1 Å². The Morgan fingerprint density at radius 3 is 2.08 bits per heavy atom. The second-order valence-corrected chi connectivity index (χ2v) is 6.86. The van der Waals surface area contributed by atoms with Crippen molar-refractivity contribution in [2.75, 3.05) is 62.3 Å². The van der Waals surface area contributed by atoms with Crippen molar-refractivity contribution in [1.29, 1.82) is 0 Å². The molecule has 7 heteroatoms. The van der Waals surface area contributed by atoms with Crippen LogP contribution in [0.4, 0.5) is 11.6 Å². The summed E-state index contributed by atoms with van der Waals surface area (Å²) in [5.41, 5.74) is 0. The number of nitrogens with zero attached hydrogens (tertiary/aromatic N) is 5. The predicted molar refractivity (Wildman–Crippen MR) is 91.2 cm³/mol. The molecule has 0 unspecified atom stereocenters. The van der Waals surface area contributed by atoms with Crippen molar-refractivity contribution in [3.63, 3.8) is 0 Å². The van der Waals surface area contributed by atoms with Crippen molar-refractivity contribution in [2.45, 2.75) is 19.3 Å². The normalized spacial score (nSPS) is 21.9. The van der Waals surface area contributed by atoms with Crippen molar-refractivity contribution < 1.29 is 9.53 Å². The van der Waals surface area contributed by atoms with E-state index in [0.717, 1.165) is 70.5 Å². The molecular formula is C17H25N5O2. The number of morpholine rings is 1. The van der Waals surface area contributed by atoms with Gasteiger partial charge in [0.15, 0.2) is 11.6 Å². The van der Waals surface area contributed by atoms with Crippen LogP contribution in [-0.4, -0.2) is 73.5 Å².